The van der Waals surface area contributed by atoms with Crippen LogP contribution < -0.4 is 11.1 Å². The third-order valence-electron chi connectivity index (χ3n) is 4.54. The maximum Gasteiger partial charge on any atom is 0.222 e. The van der Waals surface area contributed by atoms with E-state index in [4.69, 9.17) is 5.73 Å². The largest absolute Gasteiger partial charge is 0.353 e. The Labute approximate surface area is 121 Å². The number of carbonyl (C=O) groups is 2. The molecule has 0 aromatic rings. The van der Waals surface area contributed by atoms with Crippen LogP contribution in [0.5, 0.6) is 0 Å². The number of nitrogens with two attached hydrogens (primary N) is 1. The Bertz CT molecular complexity index is 351. The average molecular weight is 281 g/mol. The molecule has 1 saturated heterocycles. The van der Waals surface area contributed by atoms with Gasteiger partial charge in [0.25, 0.3) is 0 Å². The van der Waals surface area contributed by atoms with E-state index in [0.717, 1.165) is 51.6 Å². The number of carbonyl (C=O) groups excluding carboxylic acids is 2. The number of piperidine rings is 1. The number of hydrogen-bond donors (Lipinski definition) is 2. The van der Waals surface area contributed by atoms with E-state index in [-0.39, 0.29) is 23.9 Å². The van der Waals surface area contributed by atoms with E-state index in [0.29, 0.717) is 12.3 Å². The Morgan fingerprint density at radius 2 is 1.90 bits per heavy atom. The topological polar surface area (TPSA) is 75.4 Å². The molecule has 1 heterocycles. The third-order valence-corrected chi connectivity index (χ3v) is 4.54. The summed E-state index contributed by atoms with van der Waals surface area (Å²) in [5.41, 5.74) is 5.98. The van der Waals surface area contributed by atoms with Crippen LogP contribution in [0.1, 0.15) is 51.9 Å². The SMILES string of the molecule is CC(=O)NC1CCN(C(=O)CC2CCCC(N)C2)CC1. The first-order valence-electron chi connectivity index (χ1n) is 7.85. The van der Waals surface area contributed by atoms with Crippen LogP contribution >= 0.6 is 0 Å². The molecule has 1 saturated carbocycles. The summed E-state index contributed by atoms with van der Waals surface area (Å²) < 4.78 is 0. The molecule has 2 atom stereocenters. The van der Waals surface area contributed by atoms with Gasteiger partial charge >= 0.3 is 0 Å². The maximum absolute atomic E-state index is 12.3. The molecule has 20 heavy (non-hydrogen) atoms. The normalized spacial score (nSPS) is 28.2. The van der Waals surface area contributed by atoms with Crippen LogP contribution in [-0.2, 0) is 9.59 Å². The molecule has 2 aliphatic rings. The van der Waals surface area contributed by atoms with E-state index >= 15 is 0 Å². The van der Waals surface area contributed by atoms with Crippen molar-refractivity contribution in [2.45, 2.75) is 64.0 Å². The van der Waals surface area contributed by atoms with E-state index in [1.807, 2.05) is 4.90 Å². The summed E-state index contributed by atoms with van der Waals surface area (Å²) in [6.07, 6.45) is 6.79. The summed E-state index contributed by atoms with van der Waals surface area (Å²) in [5.74, 6) is 0.760. The van der Waals surface area contributed by atoms with Crippen molar-refractivity contribution >= 4 is 11.8 Å². The van der Waals surface area contributed by atoms with Crippen LogP contribution in [-0.4, -0.2) is 41.9 Å². The lowest BCUT2D eigenvalue weighted by Gasteiger charge is -2.34. The highest BCUT2D eigenvalue weighted by molar-refractivity contribution is 5.76. The minimum atomic E-state index is 0.0194. The molecule has 0 aromatic heterocycles. The van der Waals surface area contributed by atoms with Gasteiger partial charge in [-0.2, -0.15) is 0 Å². The van der Waals surface area contributed by atoms with Gasteiger partial charge in [-0.3, -0.25) is 9.59 Å². The Morgan fingerprint density at radius 3 is 2.50 bits per heavy atom. The second-order valence-corrected chi connectivity index (χ2v) is 6.35. The molecule has 2 amide bonds. The molecular weight excluding hydrogens is 254 g/mol. The van der Waals surface area contributed by atoms with Crippen molar-refractivity contribution in [2.75, 3.05) is 13.1 Å². The van der Waals surface area contributed by atoms with Gasteiger partial charge in [-0.05, 0) is 38.0 Å². The zero-order chi connectivity index (χ0) is 14.5. The second-order valence-electron chi connectivity index (χ2n) is 6.35. The molecule has 114 valence electrons. The number of nitrogens with zero attached hydrogens (tertiary/aromatic N) is 1. The number of amides is 2. The van der Waals surface area contributed by atoms with Gasteiger partial charge in [-0.1, -0.05) is 6.42 Å². The van der Waals surface area contributed by atoms with Crippen LogP contribution in [0.25, 0.3) is 0 Å². The van der Waals surface area contributed by atoms with Gasteiger partial charge in [-0.25, -0.2) is 0 Å². The number of likely N-dealkylation sites (tertiary alicyclic amines) is 1. The van der Waals surface area contributed by atoms with Gasteiger partial charge in [0.15, 0.2) is 0 Å². The molecule has 1 aliphatic heterocycles. The lowest BCUT2D eigenvalue weighted by atomic mass is 9.84. The fourth-order valence-corrected chi connectivity index (χ4v) is 3.45. The Balaban J connectivity index is 1.73. The predicted octanol–water partition coefficient (Wildman–Crippen LogP) is 1.02. The van der Waals surface area contributed by atoms with Crippen LogP contribution in [0.15, 0.2) is 0 Å². The molecular formula is C15H27N3O2. The van der Waals surface area contributed by atoms with Gasteiger partial charge in [0, 0.05) is 38.5 Å². The molecule has 3 N–H and O–H groups in total. The molecule has 0 spiro atoms. The van der Waals surface area contributed by atoms with E-state index in [1.165, 1.54) is 0 Å². The van der Waals surface area contributed by atoms with Crippen LogP contribution in [0.2, 0.25) is 0 Å². The summed E-state index contributed by atoms with van der Waals surface area (Å²) in [6.45, 7) is 3.08. The summed E-state index contributed by atoms with van der Waals surface area (Å²) in [5, 5.41) is 2.93. The van der Waals surface area contributed by atoms with Crippen molar-refractivity contribution in [3.05, 3.63) is 0 Å². The van der Waals surface area contributed by atoms with Gasteiger partial charge in [0.05, 0.1) is 0 Å². The molecule has 0 bridgehead atoms. The smallest absolute Gasteiger partial charge is 0.222 e. The molecule has 2 fully saturated rings. The van der Waals surface area contributed by atoms with Crippen molar-refractivity contribution in [3.8, 4) is 0 Å². The molecule has 0 aromatic carbocycles. The van der Waals surface area contributed by atoms with Crippen LogP contribution in [0.3, 0.4) is 0 Å². The van der Waals surface area contributed by atoms with E-state index < -0.39 is 0 Å². The average Bonchev–Trinajstić information content (AvgIpc) is 2.38. The van der Waals surface area contributed by atoms with E-state index in [9.17, 15) is 9.59 Å². The van der Waals surface area contributed by atoms with Gasteiger partial charge in [0.1, 0.15) is 0 Å². The van der Waals surface area contributed by atoms with Crippen LogP contribution in [0.4, 0.5) is 0 Å². The van der Waals surface area contributed by atoms with Crippen LogP contribution in [0, 0.1) is 5.92 Å². The number of rotatable bonds is 3. The lowest BCUT2D eigenvalue weighted by molar-refractivity contribution is -0.133. The van der Waals surface area contributed by atoms with Crippen molar-refractivity contribution in [1.82, 2.24) is 10.2 Å². The molecule has 0 radical (unpaired) electrons. The first-order chi connectivity index (χ1) is 9.54. The standard InChI is InChI=1S/C15H27N3O2/c1-11(19)17-14-5-7-18(8-6-14)15(20)10-12-3-2-4-13(16)9-12/h12-14H,2-10,16H2,1H3,(H,17,19). The predicted molar refractivity (Wildman–Crippen MR) is 78.0 cm³/mol. The minimum Gasteiger partial charge on any atom is -0.353 e. The summed E-state index contributed by atoms with van der Waals surface area (Å²) >= 11 is 0. The molecule has 2 rings (SSSR count). The zero-order valence-electron chi connectivity index (χ0n) is 12.4. The lowest BCUT2D eigenvalue weighted by Crippen LogP contribution is -2.46. The summed E-state index contributed by atoms with van der Waals surface area (Å²) in [7, 11) is 0. The van der Waals surface area contributed by atoms with Crippen molar-refractivity contribution in [1.29, 1.82) is 0 Å². The van der Waals surface area contributed by atoms with Gasteiger partial charge in [-0.15, -0.1) is 0 Å². The fraction of sp³-hybridized carbons (Fsp3) is 0.867. The molecule has 2 unspecified atom stereocenters. The Hall–Kier alpha value is -1.10. The first kappa shape index (κ1) is 15.3. The third kappa shape index (κ3) is 4.47. The zero-order valence-corrected chi connectivity index (χ0v) is 12.4. The summed E-state index contributed by atoms with van der Waals surface area (Å²) in [6, 6.07) is 0.520. The molecule has 1 aliphatic carbocycles. The van der Waals surface area contributed by atoms with Crippen molar-refractivity contribution < 1.29 is 9.59 Å². The van der Waals surface area contributed by atoms with E-state index in [2.05, 4.69) is 5.32 Å². The van der Waals surface area contributed by atoms with E-state index in [1.54, 1.807) is 6.92 Å². The number of nitrogens with one attached hydrogen (secondary N) is 1. The fourth-order valence-electron chi connectivity index (χ4n) is 3.45. The second kappa shape index (κ2) is 7.07. The minimum absolute atomic E-state index is 0.0194. The van der Waals surface area contributed by atoms with Crippen molar-refractivity contribution in [3.63, 3.8) is 0 Å². The number of hydrogen-bond acceptors (Lipinski definition) is 3. The molecule has 5 nitrogen and oxygen atoms in total. The quantitative estimate of drug-likeness (QED) is 0.811. The highest BCUT2D eigenvalue weighted by atomic mass is 16.2. The molecule has 5 heteroatoms. The van der Waals surface area contributed by atoms with Crippen molar-refractivity contribution in [2.24, 2.45) is 11.7 Å². The first-order valence-corrected chi connectivity index (χ1v) is 7.85. The highest BCUT2D eigenvalue weighted by Crippen LogP contribution is 2.27. The Morgan fingerprint density at radius 1 is 1.20 bits per heavy atom. The monoisotopic (exact) mass is 281 g/mol. The van der Waals surface area contributed by atoms with Gasteiger partial charge in [0.2, 0.25) is 11.8 Å². The highest BCUT2D eigenvalue weighted by Gasteiger charge is 2.27. The Kier molecular flexibility index (Phi) is 5.40. The van der Waals surface area contributed by atoms with Gasteiger partial charge < -0.3 is 16.0 Å². The maximum atomic E-state index is 12.3. The summed E-state index contributed by atoms with van der Waals surface area (Å²) in [4.78, 5) is 25.3.